The SMILES string of the molecule is Cc1ccc(CC(Cc2ccc(Cl)cc2Cl)C(=O)O)cc1. The van der Waals surface area contributed by atoms with Gasteiger partial charge in [0.05, 0.1) is 5.92 Å². The Labute approximate surface area is 134 Å². The van der Waals surface area contributed by atoms with Gasteiger partial charge in [0.1, 0.15) is 0 Å². The second kappa shape index (κ2) is 6.97. The summed E-state index contributed by atoms with van der Waals surface area (Å²) >= 11 is 12.0. The van der Waals surface area contributed by atoms with Crippen LogP contribution in [0.3, 0.4) is 0 Å². The molecule has 2 rings (SSSR count). The van der Waals surface area contributed by atoms with Crippen LogP contribution in [0.4, 0.5) is 0 Å². The van der Waals surface area contributed by atoms with E-state index >= 15 is 0 Å². The summed E-state index contributed by atoms with van der Waals surface area (Å²) in [5.41, 5.74) is 2.98. The van der Waals surface area contributed by atoms with Gasteiger partial charge >= 0.3 is 5.97 Å². The molecule has 0 aliphatic rings. The minimum Gasteiger partial charge on any atom is -0.481 e. The van der Waals surface area contributed by atoms with Gasteiger partial charge in [-0.1, -0.05) is 59.1 Å². The highest BCUT2D eigenvalue weighted by molar-refractivity contribution is 6.35. The van der Waals surface area contributed by atoms with E-state index in [0.29, 0.717) is 22.9 Å². The van der Waals surface area contributed by atoms with Crippen LogP contribution in [0.2, 0.25) is 10.0 Å². The molecule has 0 aliphatic carbocycles. The van der Waals surface area contributed by atoms with Crippen LogP contribution in [0.5, 0.6) is 0 Å². The highest BCUT2D eigenvalue weighted by Crippen LogP contribution is 2.25. The smallest absolute Gasteiger partial charge is 0.307 e. The Kier molecular flexibility index (Phi) is 5.27. The number of halogens is 2. The van der Waals surface area contributed by atoms with E-state index in [-0.39, 0.29) is 0 Å². The van der Waals surface area contributed by atoms with Gasteiger partial charge in [0.25, 0.3) is 0 Å². The second-order valence-electron chi connectivity index (χ2n) is 5.16. The molecule has 0 aromatic heterocycles. The topological polar surface area (TPSA) is 37.3 Å². The Morgan fingerprint density at radius 3 is 2.33 bits per heavy atom. The van der Waals surface area contributed by atoms with Gasteiger partial charge in [-0.25, -0.2) is 0 Å². The first-order valence-corrected chi connectivity index (χ1v) is 7.43. The Morgan fingerprint density at radius 2 is 1.76 bits per heavy atom. The molecule has 0 heterocycles. The molecule has 1 unspecified atom stereocenters. The van der Waals surface area contributed by atoms with Gasteiger partial charge in [-0.3, -0.25) is 4.79 Å². The molecule has 2 aromatic carbocycles. The van der Waals surface area contributed by atoms with E-state index in [1.807, 2.05) is 31.2 Å². The number of aryl methyl sites for hydroxylation is 1. The van der Waals surface area contributed by atoms with Gasteiger partial charge < -0.3 is 5.11 Å². The molecule has 1 atom stereocenters. The first-order valence-electron chi connectivity index (χ1n) is 6.68. The van der Waals surface area contributed by atoms with Crippen LogP contribution in [-0.2, 0) is 17.6 Å². The Morgan fingerprint density at radius 1 is 1.10 bits per heavy atom. The number of carbonyl (C=O) groups is 1. The molecule has 0 fully saturated rings. The molecule has 0 radical (unpaired) electrons. The van der Waals surface area contributed by atoms with Gasteiger partial charge in [-0.2, -0.15) is 0 Å². The van der Waals surface area contributed by atoms with Gasteiger partial charge in [0.2, 0.25) is 0 Å². The third-order valence-corrected chi connectivity index (χ3v) is 4.02. The summed E-state index contributed by atoms with van der Waals surface area (Å²) in [6, 6.07) is 13.1. The third-order valence-electron chi connectivity index (χ3n) is 3.43. The summed E-state index contributed by atoms with van der Waals surface area (Å²) in [5, 5.41) is 10.5. The van der Waals surface area contributed by atoms with Crippen molar-refractivity contribution < 1.29 is 9.90 Å². The number of benzene rings is 2. The molecular formula is C17H16Cl2O2. The lowest BCUT2D eigenvalue weighted by Crippen LogP contribution is -2.19. The molecule has 0 saturated heterocycles. The molecule has 4 heteroatoms. The van der Waals surface area contributed by atoms with E-state index in [0.717, 1.165) is 16.7 Å². The molecule has 0 bridgehead atoms. The van der Waals surface area contributed by atoms with Crippen molar-refractivity contribution in [2.45, 2.75) is 19.8 Å². The molecule has 0 amide bonds. The van der Waals surface area contributed by atoms with Gasteiger partial charge in [-0.15, -0.1) is 0 Å². The third kappa shape index (κ3) is 4.48. The van der Waals surface area contributed by atoms with Crippen molar-refractivity contribution in [3.05, 3.63) is 69.2 Å². The minimum atomic E-state index is -0.818. The van der Waals surface area contributed by atoms with E-state index in [4.69, 9.17) is 23.2 Å². The van der Waals surface area contributed by atoms with E-state index in [1.165, 1.54) is 0 Å². The van der Waals surface area contributed by atoms with Crippen molar-refractivity contribution in [2.24, 2.45) is 5.92 Å². The summed E-state index contributed by atoms with van der Waals surface area (Å²) < 4.78 is 0. The normalized spacial score (nSPS) is 12.1. The number of hydrogen-bond donors (Lipinski definition) is 1. The Bertz CT molecular complexity index is 636. The highest BCUT2D eigenvalue weighted by atomic mass is 35.5. The van der Waals surface area contributed by atoms with Gasteiger partial charge in [0, 0.05) is 10.0 Å². The van der Waals surface area contributed by atoms with Crippen molar-refractivity contribution in [2.75, 3.05) is 0 Å². The van der Waals surface area contributed by atoms with Crippen LogP contribution in [0.15, 0.2) is 42.5 Å². The van der Waals surface area contributed by atoms with Crippen LogP contribution in [0.1, 0.15) is 16.7 Å². The zero-order valence-corrected chi connectivity index (χ0v) is 13.2. The molecule has 21 heavy (non-hydrogen) atoms. The summed E-state index contributed by atoms with van der Waals surface area (Å²) in [4.78, 5) is 11.5. The summed E-state index contributed by atoms with van der Waals surface area (Å²) in [5.74, 6) is -1.33. The molecule has 0 aliphatic heterocycles. The maximum absolute atomic E-state index is 11.5. The number of carboxylic acids is 1. The van der Waals surface area contributed by atoms with Crippen LogP contribution in [-0.4, -0.2) is 11.1 Å². The lowest BCUT2D eigenvalue weighted by Gasteiger charge is -2.14. The van der Waals surface area contributed by atoms with Crippen LogP contribution >= 0.6 is 23.2 Å². The van der Waals surface area contributed by atoms with Crippen molar-refractivity contribution in [3.63, 3.8) is 0 Å². The van der Waals surface area contributed by atoms with Crippen LogP contribution in [0.25, 0.3) is 0 Å². The summed E-state index contributed by atoms with van der Waals surface area (Å²) in [6.07, 6.45) is 0.869. The first kappa shape index (κ1) is 15.9. The summed E-state index contributed by atoms with van der Waals surface area (Å²) in [6.45, 7) is 2.01. The Hall–Kier alpha value is -1.51. The van der Waals surface area contributed by atoms with E-state index in [9.17, 15) is 9.90 Å². The zero-order valence-electron chi connectivity index (χ0n) is 11.6. The van der Waals surface area contributed by atoms with Gasteiger partial charge in [-0.05, 0) is 43.0 Å². The maximum atomic E-state index is 11.5. The number of aliphatic carboxylic acids is 1. The van der Waals surface area contributed by atoms with Crippen molar-refractivity contribution in [1.29, 1.82) is 0 Å². The fourth-order valence-corrected chi connectivity index (χ4v) is 2.69. The molecule has 2 nitrogen and oxygen atoms in total. The molecule has 110 valence electrons. The quantitative estimate of drug-likeness (QED) is 0.859. The molecule has 2 aromatic rings. The fraction of sp³-hybridized carbons (Fsp3) is 0.235. The second-order valence-corrected chi connectivity index (χ2v) is 6.01. The van der Waals surface area contributed by atoms with E-state index in [2.05, 4.69) is 0 Å². The average molecular weight is 323 g/mol. The number of carboxylic acid groups (broad SMARTS) is 1. The van der Waals surface area contributed by atoms with Crippen molar-refractivity contribution >= 4 is 29.2 Å². The molecule has 1 N–H and O–H groups in total. The molecule has 0 saturated carbocycles. The lowest BCUT2D eigenvalue weighted by atomic mass is 9.92. The average Bonchev–Trinajstić information content (AvgIpc) is 2.43. The largest absolute Gasteiger partial charge is 0.481 e. The van der Waals surface area contributed by atoms with Crippen molar-refractivity contribution in [1.82, 2.24) is 0 Å². The first-order chi connectivity index (χ1) is 9.95. The van der Waals surface area contributed by atoms with Crippen LogP contribution < -0.4 is 0 Å². The molecule has 0 spiro atoms. The standard InChI is InChI=1S/C17H16Cl2O2/c1-11-2-4-12(5-3-11)8-14(17(20)21)9-13-6-7-15(18)10-16(13)19/h2-7,10,14H,8-9H2,1H3,(H,20,21). The fourth-order valence-electron chi connectivity index (χ4n) is 2.21. The monoisotopic (exact) mass is 322 g/mol. The summed E-state index contributed by atoms with van der Waals surface area (Å²) in [7, 11) is 0. The number of rotatable bonds is 5. The van der Waals surface area contributed by atoms with Crippen molar-refractivity contribution in [3.8, 4) is 0 Å². The van der Waals surface area contributed by atoms with E-state index < -0.39 is 11.9 Å². The van der Waals surface area contributed by atoms with Gasteiger partial charge in [0.15, 0.2) is 0 Å². The highest BCUT2D eigenvalue weighted by Gasteiger charge is 2.20. The lowest BCUT2D eigenvalue weighted by molar-refractivity contribution is -0.141. The zero-order chi connectivity index (χ0) is 15.4. The van der Waals surface area contributed by atoms with Crippen LogP contribution in [0, 0.1) is 12.8 Å². The molecular weight excluding hydrogens is 307 g/mol. The Balaban J connectivity index is 2.15. The minimum absolute atomic E-state index is 0.388. The maximum Gasteiger partial charge on any atom is 0.307 e. The predicted molar refractivity (Wildman–Crippen MR) is 86.2 cm³/mol. The van der Waals surface area contributed by atoms with E-state index in [1.54, 1.807) is 18.2 Å². The number of hydrogen-bond acceptors (Lipinski definition) is 1. The predicted octanol–water partition coefficient (Wildman–Crippen LogP) is 4.79.